The lowest BCUT2D eigenvalue weighted by molar-refractivity contribution is -0.286. The number of halogens is 2. The van der Waals surface area contributed by atoms with Crippen LogP contribution in [-0.4, -0.2) is 69.4 Å². The van der Waals surface area contributed by atoms with Crippen molar-refractivity contribution in [3.05, 3.63) is 53.4 Å². The normalized spacial score (nSPS) is 20.3. The first kappa shape index (κ1) is 22.2. The molecule has 3 aliphatic rings. The fourth-order valence-electron chi connectivity index (χ4n) is 4.13. The van der Waals surface area contributed by atoms with E-state index < -0.39 is 11.9 Å². The van der Waals surface area contributed by atoms with Gasteiger partial charge in [0.2, 0.25) is 5.91 Å². The van der Waals surface area contributed by atoms with Crippen LogP contribution in [-0.2, 0) is 10.4 Å². The summed E-state index contributed by atoms with van der Waals surface area (Å²) in [6.45, 7) is 1.38. The molecule has 11 heteroatoms. The Labute approximate surface area is 193 Å². The van der Waals surface area contributed by atoms with E-state index in [2.05, 4.69) is 19.7 Å². The minimum absolute atomic E-state index is 0.0624. The van der Waals surface area contributed by atoms with Crippen LogP contribution < -0.4 is 9.47 Å². The van der Waals surface area contributed by atoms with Gasteiger partial charge in [-0.1, -0.05) is 6.07 Å². The van der Waals surface area contributed by atoms with Crippen molar-refractivity contribution < 1.29 is 33.0 Å². The zero-order valence-corrected chi connectivity index (χ0v) is 18.1. The average Bonchev–Trinajstić information content (AvgIpc) is 3.13. The highest BCUT2D eigenvalue weighted by Crippen LogP contribution is 2.41. The van der Waals surface area contributed by atoms with E-state index in [1.165, 1.54) is 30.5 Å². The number of carbonyl (C=O) groups excluding carboxylic acids is 2. The van der Waals surface area contributed by atoms with Crippen molar-refractivity contribution in [1.29, 1.82) is 0 Å². The lowest BCUT2D eigenvalue weighted by atomic mass is 9.77. The Morgan fingerprint density at radius 1 is 1.03 bits per heavy atom. The molecule has 9 nitrogen and oxygen atoms in total. The summed E-state index contributed by atoms with van der Waals surface area (Å²) in [4.78, 5) is 28.7. The lowest BCUT2D eigenvalue weighted by Crippen LogP contribution is -2.50. The zero-order chi connectivity index (χ0) is 23.9. The standard InChI is InChI=1S/C23H22F2N4O5/c24-23(25)33-17-4-2-15(12-18(17)34-23)3-5-20(30)28-8-10-29(11-9-28)21(31)16-13-19(27-26-14-16)22(32)6-1-7-22/h2-5,12-14,32H,1,6-11H2/b5-3+. The number of aliphatic hydroxyl groups is 1. The molecule has 1 aliphatic carbocycles. The molecule has 1 saturated carbocycles. The van der Waals surface area contributed by atoms with Gasteiger partial charge in [-0.05, 0) is 49.1 Å². The Kier molecular flexibility index (Phi) is 5.43. The summed E-state index contributed by atoms with van der Waals surface area (Å²) in [6.07, 6.45) is 2.67. The third-order valence-corrected chi connectivity index (χ3v) is 6.28. The smallest absolute Gasteiger partial charge is 0.395 e. The second-order valence-electron chi connectivity index (χ2n) is 8.54. The van der Waals surface area contributed by atoms with Crippen LogP contribution in [0.15, 0.2) is 36.5 Å². The van der Waals surface area contributed by atoms with E-state index in [1.54, 1.807) is 21.9 Å². The molecule has 5 rings (SSSR count). The van der Waals surface area contributed by atoms with Crippen LogP contribution in [0.1, 0.15) is 40.9 Å². The fourth-order valence-corrected chi connectivity index (χ4v) is 4.13. The Morgan fingerprint density at radius 3 is 2.44 bits per heavy atom. The Hall–Kier alpha value is -3.60. The summed E-state index contributed by atoms with van der Waals surface area (Å²) in [6, 6.07) is 5.86. The van der Waals surface area contributed by atoms with Crippen molar-refractivity contribution in [3.63, 3.8) is 0 Å². The van der Waals surface area contributed by atoms with Crippen LogP contribution in [0.5, 0.6) is 11.5 Å². The summed E-state index contributed by atoms with van der Waals surface area (Å²) in [5.74, 6) is -0.633. The van der Waals surface area contributed by atoms with E-state index in [4.69, 9.17) is 0 Å². The molecule has 1 saturated heterocycles. The number of alkyl halides is 2. The van der Waals surface area contributed by atoms with E-state index in [1.807, 2.05) is 0 Å². The molecule has 0 radical (unpaired) electrons. The van der Waals surface area contributed by atoms with Crippen molar-refractivity contribution in [2.24, 2.45) is 0 Å². The second-order valence-corrected chi connectivity index (χ2v) is 8.54. The van der Waals surface area contributed by atoms with Gasteiger partial charge in [0.25, 0.3) is 5.91 Å². The lowest BCUT2D eigenvalue weighted by Gasteiger charge is -2.36. The average molecular weight is 472 g/mol. The maximum atomic E-state index is 13.1. The van der Waals surface area contributed by atoms with Gasteiger partial charge in [0.05, 0.1) is 17.5 Å². The maximum absolute atomic E-state index is 13.1. The van der Waals surface area contributed by atoms with Crippen molar-refractivity contribution in [1.82, 2.24) is 20.0 Å². The number of fused-ring (bicyclic) bond motifs is 1. The Morgan fingerprint density at radius 2 is 1.74 bits per heavy atom. The number of rotatable bonds is 4. The van der Waals surface area contributed by atoms with Crippen molar-refractivity contribution in [2.45, 2.75) is 31.2 Å². The monoisotopic (exact) mass is 472 g/mol. The van der Waals surface area contributed by atoms with Gasteiger partial charge in [-0.3, -0.25) is 9.59 Å². The van der Waals surface area contributed by atoms with Crippen LogP contribution in [0.3, 0.4) is 0 Å². The van der Waals surface area contributed by atoms with E-state index in [0.717, 1.165) is 6.42 Å². The van der Waals surface area contributed by atoms with Gasteiger partial charge < -0.3 is 24.4 Å². The minimum Gasteiger partial charge on any atom is -0.395 e. The molecular weight excluding hydrogens is 450 g/mol. The number of carbonyl (C=O) groups is 2. The van der Waals surface area contributed by atoms with Gasteiger partial charge in [0.15, 0.2) is 11.5 Å². The predicted molar refractivity (Wildman–Crippen MR) is 114 cm³/mol. The van der Waals surface area contributed by atoms with E-state index in [-0.39, 0.29) is 23.3 Å². The highest BCUT2D eigenvalue weighted by molar-refractivity contribution is 5.95. The van der Waals surface area contributed by atoms with Crippen molar-refractivity contribution in [3.8, 4) is 11.5 Å². The molecule has 0 unspecified atom stereocenters. The van der Waals surface area contributed by atoms with Gasteiger partial charge in [-0.15, -0.1) is 8.78 Å². The molecule has 0 bridgehead atoms. The molecule has 34 heavy (non-hydrogen) atoms. The molecule has 1 N–H and O–H groups in total. The minimum atomic E-state index is -3.69. The van der Waals surface area contributed by atoms with Gasteiger partial charge in [-0.2, -0.15) is 10.2 Å². The first-order valence-corrected chi connectivity index (χ1v) is 10.9. The van der Waals surface area contributed by atoms with E-state index in [0.29, 0.717) is 55.8 Å². The summed E-state index contributed by atoms with van der Waals surface area (Å²) in [7, 11) is 0. The van der Waals surface area contributed by atoms with Crippen LogP contribution in [0.4, 0.5) is 8.78 Å². The summed E-state index contributed by atoms with van der Waals surface area (Å²) in [5.41, 5.74) is 0.282. The van der Waals surface area contributed by atoms with Crippen LogP contribution in [0.2, 0.25) is 0 Å². The first-order chi connectivity index (χ1) is 16.2. The van der Waals surface area contributed by atoms with Gasteiger partial charge in [0, 0.05) is 32.3 Å². The van der Waals surface area contributed by atoms with Crippen LogP contribution in [0, 0.1) is 0 Å². The van der Waals surface area contributed by atoms with Crippen LogP contribution >= 0.6 is 0 Å². The SMILES string of the molecule is O=C(/C=C/c1ccc2c(c1)OC(F)(F)O2)N1CCN(C(=O)c2cnnc(C3(O)CCC3)c2)CC1. The zero-order valence-electron chi connectivity index (χ0n) is 18.1. The molecule has 0 atom stereocenters. The number of benzene rings is 1. The molecule has 2 amide bonds. The molecule has 0 spiro atoms. The number of piperazine rings is 1. The van der Waals surface area contributed by atoms with Crippen molar-refractivity contribution >= 4 is 17.9 Å². The van der Waals surface area contributed by atoms with Gasteiger partial charge in [0.1, 0.15) is 5.60 Å². The van der Waals surface area contributed by atoms with E-state index >= 15 is 0 Å². The van der Waals surface area contributed by atoms with Gasteiger partial charge >= 0.3 is 6.29 Å². The Bertz CT molecular complexity index is 1160. The molecule has 1 aromatic carbocycles. The molecule has 178 valence electrons. The quantitative estimate of drug-likeness (QED) is 0.680. The Balaban J connectivity index is 1.17. The number of hydrogen-bond donors (Lipinski definition) is 1. The first-order valence-electron chi connectivity index (χ1n) is 10.9. The van der Waals surface area contributed by atoms with E-state index in [9.17, 15) is 23.5 Å². The van der Waals surface area contributed by atoms with Gasteiger partial charge in [-0.25, -0.2) is 0 Å². The molecule has 2 aromatic rings. The molecule has 1 aromatic heterocycles. The number of hydrogen-bond acceptors (Lipinski definition) is 7. The molecule has 2 aliphatic heterocycles. The number of ether oxygens (including phenoxy) is 2. The number of nitrogens with zero attached hydrogens (tertiary/aromatic N) is 4. The molecular formula is C23H22F2N4O5. The molecule has 2 fully saturated rings. The molecule has 3 heterocycles. The highest BCUT2D eigenvalue weighted by Gasteiger charge is 2.43. The highest BCUT2D eigenvalue weighted by atomic mass is 19.3. The largest absolute Gasteiger partial charge is 0.586 e. The predicted octanol–water partition coefficient (Wildman–Crippen LogP) is 2.17. The third-order valence-electron chi connectivity index (χ3n) is 6.28. The number of amides is 2. The summed E-state index contributed by atoms with van der Waals surface area (Å²) in [5, 5.41) is 18.3. The number of aromatic nitrogens is 2. The van der Waals surface area contributed by atoms with Crippen LogP contribution in [0.25, 0.3) is 6.08 Å². The maximum Gasteiger partial charge on any atom is 0.586 e. The fraction of sp³-hybridized carbons (Fsp3) is 0.391. The summed E-state index contributed by atoms with van der Waals surface area (Å²) >= 11 is 0. The summed E-state index contributed by atoms with van der Waals surface area (Å²) < 4.78 is 35.1. The van der Waals surface area contributed by atoms with Crippen molar-refractivity contribution in [2.75, 3.05) is 26.2 Å². The second kappa shape index (κ2) is 8.32. The topological polar surface area (TPSA) is 105 Å². The third kappa shape index (κ3) is 4.30.